The van der Waals surface area contributed by atoms with Crippen LogP contribution in [0.4, 0.5) is 0 Å². The number of rotatable bonds is 7. The second kappa shape index (κ2) is 7.82. The molecular weight excluding hydrogens is 376 g/mol. The second-order valence-corrected chi connectivity index (χ2v) is 8.20. The van der Waals surface area contributed by atoms with Crippen LogP contribution in [-0.4, -0.2) is 20.2 Å². The highest BCUT2D eigenvalue weighted by molar-refractivity contribution is 6.07. The van der Waals surface area contributed by atoms with E-state index >= 15 is 0 Å². The van der Waals surface area contributed by atoms with E-state index in [0.717, 1.165) is 33.8 Å². The molecule has 30 heavy (non-hydrogen) atoms. The van der Waals surface area contributed by atoms with Gasteiger partial charge in [-0.25, -0.2) is 0 Å². The molecule has 154 valence electrons. The summed E-state index contributed by atoms with van der Waals surface area (Å²) in [6.07, 6.45) is 3.40. The van der Waals surface area contributed by atoms with Gasteiger partial charge in [0.25, 0.3) is 5.56 Å². The normalized spacial score (nSPS) is 11.9. The van der Waals surface area contributed by atoms with Gasteiger partial charge in [-0.3, -0.25) is 9.59 Å². The molecule has 0 aliphatic carbocycles. The van der Waals surface area contributed by atoms with E-state index in [0.29, 0.717) is 13.0 Å². The Morgan fingerprint density at radius 3 is 2.37 bits per heavy atom. The van der Waals surface area contributed by atoms with E-state index < -0.39 is 11.5 Å². The van der Waals surface area contributed by atoms with Crippen molar-refractivity contribution in [2.45, 2.75) is 45.2 Å². The molecule has 0 saturated heterocycles. The minimum absolute atomic E-state index is 0.0122. The minimum Gasteiger partial charge on any atom is -0.481 e. The lowest BCUT2D eigenvalue weighted by Gasteiger charge is -2.28. The van der Waals surface area contributed by atoms with Crippen molar-refractivity contribution in [3.63, 3.8) is 0 Å². The van der Waals surface area contributed by atoms with Gasteiger partial charge in [-0.2, -0.15) is 0 Å². The molecule has 1 N–H and O–H groups in total. The Morgan fingerprint density at radius 2 is 1.63 bits per heavy atom. The Hall–Kier alpha value is -3.34. The van der Waals surface area contributed by atoms with Crippen molar-refractivity contribution >= 4 is 27.8 Å². The number of aliphatic carboxylic acids is 1. The van der Waals surface area contributed by atoms with Gasteiger partial charge in [-0.15, -0.1) is 0 Å². The molecule has 5 nitrogen and oxygen atoms in total. The Labute approximate surface area is 175 Å². The average Bonchev–Trinajstić information content (AvgIpc) is 3.06. The lowest BCUT2D eigenvalue weighted by molar-refractivity contribution is -0.137. The van der Waals surface area contributed by atoms with Crippen LogP contribution in [0.5, 0.6) is 0 Å². The molecule has 2 aromatic carbocycles. The van der Waals surface area contributed by atoms with E-state index in [-0.39, 0.29) is 12.0 Å². The summed E-state index contributed by atoms with van der Waals surface area (Å²) >= 11 is 0. The van der Waals surface area contributed by atoms with Crippen LogP contribution in [0.3, 0.4) is 0 Å². The van der Waals surface area contributed by atoms with E-state index in [9.17, 15) is 9.59 Å². The number of nitrogens with zero attached hydrogens (tertiary/aromatic N) is 2. The number of carboxylic acid groups (broad SMARTS) is 1. The first-order chi connectivity index (χ1) is 14.4. The summed E-state index contributed by atoms with van der Waals surface area (Å²) in [5.41, 5.74) is 2.48. The summed E-state index contributed by atoms with van der Waals surface area (Å²) in [4.78, 5) is 24.5. The van der Waals surface area contributed by atoms with Gasteiger partial charge in [0, 0.05) is 30.1 Å². The van der Waals surface area contributed by atoms with E-state index in [2.05, 4.69) is 18.4 Å². The highest BCUT2D eigenvalue weighted by Crippen LogP contribution is 2.30. The highest BCUT2D eigenvalue weighted by Gasteiger charge is 2.25. The average molecular weight is 402 g/mol. The summed E-state index contributed by atoms with van der Waals surface area (Å²) in [5, 5.41) is 10.6. The summed E-state index contributed by atoms with van der Waals surface area (Å²) in [5.74, 6) is -0.775. The van der Waals surface area contributed by atoms with Crippen molar-refractivity contribution in [1.82, 2.24) is 9.13 Å². The minimum atomic E-state index is -0.775. The summed E-state index contributed by atoms with van der Waals surface area (Å²) in [6, 6.07) is 20.0. The Balaban J connectivity index is 1.85. The fourth-order valence-corrected chi connectivity index (χ4v) is 4.27. The van der Waals surface area contributed by atoms with Gasteiger partial charge in [0.15, 0.2) is 0 Å². The van der Waals surface area contributed by atoms with Gasteiger partial charge in [-0.05, 0) is 44.4 Å². The Kier molecular flexibility index (Phi) is 5.20. The van der Waals surface area contributed by atoms with Crippen LogP contribution >= 0.6 is 0 Å². The predicted octanol–water partition coefficient (Wildman–Crippen LogP) is 4.99. The molecule has 0 saturated carbocycles. The number of fused-ring (bicyclic) bond motifs is 3. The van der Waals surface area contributed by atoms with Crippen LogP contribution < -0.4 is 5.56 Å². The van der Waals surface area contributed by atoms with Crippen molar-refractivity contribution in [3.8, 4) is 0 Å². The SMILES string of the molecule is CC(C)(c1ccccc1)n1ccc2c(c1=O)c1ccccc1n2CCCCC(=O)O. The lowest BCUT2D eigenvalue weighted by atomic mass is 9.93. The zero-order chi connectivity index (χ0) is 21.3. The summed E-state index contributed by atoms with van der Waals surface area (Å²) in [7, 11) is 0. The first-order valence-corrected chi connectivity index (χ1v) is 10.3. The Bertz CT molecular complexity index is 1270. The zero-order valence-corrected chi connectivity index (χ0v) is 17.3. The molecule has 2 aromatic heterocycles. The summed E-state index contributed by atoms with van der Waals surface area (Å²) < 4.78 is 3.96. The third kappa shape index (κ3) is 3.41. The van der Waals surface area contributed by atoms with Crippen LogP contribution in [0.25, 0.3) is 21.8 Å². The molecule has 0 amide bonds. The van der Waals surface area contributed by atoms with E-state index in [1.165, 1.54) is 0 Å². The molecule has 0 spiro atoms. The molecule has 0 fully saturated rings. The lowest BCUT2D eigenvalue weighted by Crippen LogP contribution is -2.36. The van der Waals surface area contributed by atoms with Gasteiger partial charge in [0.05, 0.1) is 16.4 Å². The van der Waals surface area contributed by atoms with Gasteiger partial charge < -0.3 is 14.2 Å². The first kappa shape index (κ1) is 20.0. The van der Waals surface area contributed by atoms with Crippen LogP contribution in [0.1, 0.15) is 38.7 Å². The number of hydrogen-bond acceptors (Lipinski definition) is 2. The number of para-hydroxylation sites is 1. The molecule has 4 aromatic rings. The van der Waals surface area contributed by atoms with E-state index in [4.69, 9.17) is 5.11 Å². The third-order valence-corrected chi connectivity index (χ3v) is 5.93. The molecule has 0 bridgehead atoms. The molecular formula is C25H26N2O3. The molecule has 0 atom stereocenters. The fraction of sp³-hybridized carbons (Fsp3) is 0.280. The predicted molar refractivity (Wildman–Crippen MR) is 120 cm³/mol. The number of benzene rings is 2. The number of unbranched alkanes of at least 4 members (excludes halogenated alkanes) is 1. The molecule has 5 heteroatoms. The number of pyridine rings is 1. The number of carboxylic acids is 1. The van der Waals surface area contributed by atoms with Crippen molar-refractivity contribution < 1.29 is 9.90 Å². The smallest absolute Gasteiger partial charge is 0.303 e. The second-order valence-electron chi connectivity index (χ2n) is 8.20. The fourth-order valence-electron chi connectivity index (χ4n) is 4.27. The maximum absolute atomic E-state index is 13.7. The van der Waals surface area contributed by atoms with Crippen LogP contribution in [0, 0.1) is 0 Å². The van der Waals surface area contributed by atoms with Gasteiger partial charge in [0.1, 0.15) is 0 Å². The quantitative estimate of drug-likeness (QED) is 0.443. The Morgan fingerprint density at radius 1 is 0.933 bits per heavy atom. The monoisotopic (exact) mass is 402 g/mol. The number of carbonyl (C=O) groups is 1. The molecule has 0 unspecified atom stereocenters. The van der Waals surface area contributed by atoms with Crippen molar-refractivity contribution in [2.24, 2.45) is 0 Å². The van der Waals surface area contributed by atoms with E-state index in [1.807, 2.05) is 71.4 Å². The van der Waals surface area contributed by atoms with Gasteiger partial charge in [0.2, 0.25) is 0 Å². The van der Waals surface area contributed by atoms with Crippen LogP contribution in [-0.2, 0) is 16.9 Å². The van der Waals surface area contributed by atoms with E-state index in [1.54, 1.807) is 0 Å². The topological polar surface area (TPSA) is 64.2 Å². The largest absolute Gasteiger partial charge is 0.481 e. The van der Waals surface area contributed by atoms with Gasteiger partial charge in [-0.1, -0.05) is 48.5 Å². The van der Waals surface area contributed by atoms with Gasteiger partial charge >= 0.3 is 5.97 Å². The third-order valence-electron chi connectivity index (χ3n) is 5.93. The molecule has 0 aliphatic heterocycles. The first-order valence-electron chi connectivity index (χ1n) is 10.3. The number of aromatic nitrogens is 2. The highest BCUT2D eigenvalue weighted by atomic mass is 16.4. The molecule has 0 radical (unpaired) electrons. The van der Waals surface area contributed by atoms with Crippen LogP contribution in [0.15, 0.2) is 71.7 Å². The van der Waals surface area contributed by atoms with Crippen molar-refractivity contribution in [2.75, 3.05) is 0 Å². The molecule has 0 aliphatic rings. The number of hydrogen-bond donors (Lipinski definition) is 1. The zero-order valence-electron chi connectivity index (χ0n) is 17.3. The van der Waals surface area contributed by atoms with Crippen LogP contribution in [0.2, 0.25) is 0 Å². The van der Waals surface area contributed by atoms with Crippen molar-refractivity contribution in [1.29, 1.82) is 0 Å². The summed E-state index contributed by atoms with van der Waals surface area (Å²) in [6.45, 7) is 4.80. The maximum atomic E-state index is 13.7. The van der Waals surface area contributed by atoms with Crippen molar-refractivity contribution in [3.05, 3.63) is 82.8 Å². The molecule has 4 rings (SSSR count). The molecule has 2 heterocycles. The maximum Gasteiger partial charge on any atom is 0.303 e. The number of aryl methyl sites for hydroxylation is 1. The standard InChI is InChI=1S/C25H26N2O3/c1-25(2,18-10-4-3-5-11-18)27-17-15-21-23(24(27)30)19-12-6-7-13-20(19)26(21)16-9-8-14-22(28)29/h3-7,10-13,15,17H,8-9,14,16H2,1-2H3,(H,28,29).